The number of esters is 1. The fourth-order valence-corrected chi connectivity index (χ4v) is 2.81. The Morgan fingerprint density at radius 3 is 2.54 bits per heavy atom. The number of ether oxygens (including phenoxy) is 1. The van der Waals surface area contributed by atoms with E-state index in [1.807, 2.05) is 6.07 Å². The molecule has 140 valence electrons. The van der Waals surface area contributed by atoms with Gasteiger partial charge in [-0.15, -0.1) is 0 Å². The van der Waals surface area contributed by atoms with E-state index >= 15 is 0 Å². The van der Waals surface area contributed by atoms with E-state index in [0.717, 1.165) is 12.8 Å². The molecule has 1 aromatic carbocycles. The van der Waals surface area contributed by atoms with Gasteiger partial charge in [-0.1, -0.05) is 36.8 Å². The van der Waals surface area contributed by atoms with E-state index in [4.69, 9.17) is 9.15 Å². The van der Waals surface area contributed by atoms with Crippen LogP contribution in [-0.4, -0.2) is 30.4 Å². The number of carbonyl (C=O) groups is 2. The van der Waals surface area contributed by atoms with Crippen LogP contribution in [0.1, 0.15) is 36.7 Å². The number of furan rings is 1. The Morgan fingerprint density at radius 2 is 1.92 bits per heavy atom. The number of rotatable bonds is 9. The van der Waals surface area contributed by atoms with Crippen molar-refractivity contribution in [3.63, 3.8) is 0 Å². The SMILES string of the molecule is COC(=O)C(C)CN(Cc1ccco1)C(=O)CCCc1ccc(C)cc1. The Labute approximate surface area is 154 Å². The molecule has 5 heteroatoms. The van der Waals surface area contributed by atoms with Gasteiger partial charge in [-0.2, -0.15) is 0 Å². The number of benzene rings is 1. The maximum atomic E-state index is 12.7. The molecule has 0 bridgehead atoms. The van der Waals surface area contributed by atoms with Gasteiger partial charge in [0.1, 0.15) is 5.76 Å². The molecule has 1 aromatic heterocycles. The van der Waals surface area contributed by atoms with Gasteiger partial charge < -0.3 is 14.1 Å². The zero-order valence-corrected chi connectivity index (χ0v) is 15.7. The number of hydrogen-bond donors (Lipinski definition) is 0. The van der Waals surface area contributed by atoms with Crippen molar-refractivity contribution < 1.29 is 18.7 Å². The van der Waals surface area contributed by atoms with Gasteiger partial charge in [-0.25, -0.2) is 0 Å². The monoisotopic (exact) mass is 357 g/mol. The van der Waals surface area contributed by atoms with Crippen LogP contribution in [0.5, 0.6) is 0 Å². The lowest BCUT2D eigenvalue weighted by Gasteiger charge is -2.24. The zero-order chi connectivity index (χ0) is 18.9. The smallest absolute Gasteiger partial charge is 0.310 e. The van der Waals surface area contributed by atoms with Crippen molar-refractivity contribution in [3.8, 4) is 0 Å². The Hall–Kier alpha value is -2.56. The zero-order valence-electron chi connectivity index (χ0n) is 15.7. The van der Waals surface area contributed by atoms with Crippen molar-refractivity contribution in [2.24, 2.45) is 5.92 Å². The normalized spacial score (nSPS) is 11.8. The minimum Gasteiger partial charge on any atom is -0.469 e. The highest BCUT2D eigenvalue weighted by Crippen LogP contribution is 2.13. The molecule has 0 aliphatic heterocycles. The van der Waals surface area contributed by atoms with Crippen molar-refractivity contribution in [2.75, 3.05) is 13.7 Å². The molecule has 1 atom stereocenters. The predicted octanol–water partition coefficient (Wildman–Crippen LogP) is 3.75. The molecule has 2 aromatic rings. The molecule has 0 spiro atoms. The van der Waals surface area contributed by atoms with Gasteiger partial charge in [0.2, 0.25) is 5.91 Å². The first-order valence-electron chi connectivity index (χ1n) is 8.93. The fourth-order valence-electron chi connectivity index (χ4n) is 2.81. The van der Waals surface area contributed by atoms with Crippen LogP contribution >= 0.6 is 0 Å². The largest absolute Gasteiger partial charge is 0.469 e. The lowest BCUT2D eigenvalue weighted by molar-refractivity contribution is -0.146. The topological polar surface area (TPSA) is 59.8 Å². The summed E-state index contributed by atoms with van der Waals surface area (Å²) in [6.07, 6.45) is 3.64. The summed E-state index contributed by atoms with van der Waals surface area (Å²) >= 11 is 0. The van der Waals surface area contributed by atoms with E-state index in [0.29, 0.717) is 25.3 Å². The first-order chi connectivity index (χ1) is 12.5. The van der Waals surface area contributed by atoms with Crippen LogP contribution in [0.3, 0.4) is 0 Å². The fraction of sp³-hybridized carbons (Fsp3) is 0.429. The third-order valence-corrected chi connectivity index (χ3v) is 4.35. The number of carbonyl (C=O) groups excluding carboxylic acids is 2. The van der Waals surface area contributed by atoms with Crippen LogP contribution in [0.2, 0.25) is 0 Å². The van der Waals surface area contributed by atoms with Crippen molar-refractivity contribution >= 4 is 11.9 Å². The van der Waals surface area contributed by atoms with Crippen molar-refractivity contribution in [3.05, 3.63) is 59.5 Å². The second-order valence-electron chi connectivity index (χ2n) is 6.62. The summed E-state index contributed by atoms with van der Waals surface area (Å²) in [5, 5.41) is 0. The van der Waals surface area contributed by atoms with E-state index in [1.54, 1.807) is 24.2 Å². The quantitative estimate of drug-likeness (QED) is 0.641. The van der Waals surface area contributed by atoms with Crippen molar-refractivity contribution in [2.45, 2.75) is 39.7 Å². The highest BCUT2D eigenvalue weighted by molar-refractivity contribution is 5.78. The van der Waals surface area contributed by atoms with Crippen molar-refractivity contribution in [1.82, 2.24) is 4.90 Å². The Bertz CT molecular complexity index is 691. The number of amides is 1. The maximum Gasteiger partial charge on any atom is 0.310 e. The maximum absolute atomic E-state index is 12.7. The third-order valence-electron chi connectivity index (χ3n) is 4.35. The summed E-state index contributed by atoms with van der Waals surface area (Å²) in [5.74, 6) is 0.0242. The standard InChI is InChI=1S/C21H27NO4/c1-16-9-11-18(12-10-16)6-4-8-20(23)22(14-17(2)21(24)25-3)15-19-7-5-13-26-19/h5,7,9-13,17H,4,6,8,14-15H2,1-3H3. The van der Waals surface area contributed by atoms with Crippen LogP contribution in [0.25, 0.3) is 0 Å². The summed E-state index contributed by atoms with van der Waals surface area (Å²) in [5.41, 5.74) is 2.45. The molecule has 0 fully saturated rings. The average Bonchev–Trinajstić information content (AvgIpc) is 3.15. The Kier molecular flexibility index (Phi) is 7.45. The summed E-state index contributed by atoms with van der Waals surface area (Å²) in [4.78, 5) is 26.1. The summed E-state index contributed by atoms with van der Waals surface area (Å²) in [7, 11) is 1.36. The minimum atomic E-state index is -0.379. The van der Waals surface area contributed by atoms with E-state index in [1.165, 1.54) is 18.2 Å². The van der Waals surface area contributed by atoms with Gasteiger partial charge in [-0.3, -0.25) is 9.59 Å². The van der Waals surface area contributed by atoms with Crippen LogP contribution in [0, 0.1) is 12.8 Å². The lowest BCUT2D eigenvalue weighted by Crippen LogP contribution is -2.36. The van der Waals surface area contributed by atoms with Crippen LogP contribution < -0.4 is 0 Å². The molecule has 0 radical (unpaired) electrons. The molecule has 1 amide bonds. The van der Waals surface area contributed by atoms with Gasteiger partial charge in [0.25, 0.3) is 0 Å². The number of nitrogens with zero attached hydrogens (tertiary/aromatic N) is 1. The van der Waals surface area contributed by atoms with Crippen LogP contribution in [0.4, 0.5) is 0 Å². The van der Waals surface area contributed by atoms with Gasteiger partial charge >= 0.3 is 5.97 Å². The molecule has 0 saturated heterocycles. The average molecular weight is 357 g/mol. The minimum absolute atomic E-state index is 0.0178. The third kappa shape index (κ3) is 6.06. The summed E-state index contributed by atoms with van der Waals surface area (Å²) in [6.45, 7) is 4.50. The van der Waals surface area contributed by atoms with E-state index in [2.05, 4.69) is 31.2 Å². The molecule has 0 saturated carbocycles. The van der Waals surface area contributed by atoms with E-state index in [-0.39, 0.29) is 17.8 Å². The first kappa shape index (κ1) is 19.8. The Balaban J connectivity index is 1.92. The van der Waals surface area contributed by atoms with Crippen molar-refractivity contribution in [1.29, 1.82) is 0 Å². The van der Waals surface area contributed by atoms with E-state index < -0.39 is 0 Å². The molecule has 2 rings (SSSR count). The molecule has 26 heavy (non-hydrogen) atoms. The van der Waals surface area contributed by atoms with Gasteiger partial charge in [0.05, 0.1) is 25.8 Å². The molecular formula is C21H27NO4. The van der Waals surface area contributed by atoms with Gasteiger partial charge in [0, 0.05) is 13.0 Å². The van der Waals surface area contributed by atoms with Gasteiger partial charge in [0.15, 0.2) is 0 Å². The summed E-state index contributed by atoms with van der Waals surface area (Å²) < 4.78 is 10.1. The number of methoxy groups -OCH3 is 1. The Morgan fingerprint density at radius 1 is 1.19 bits per heavy atom. The predicted molar refractivity (Wildman–Crippen MR) is 99.4 cm³/mol. The number of hydrogen-bond acceptors (Lipinski definition) is 4. The second-order valence-corrected chi connectivity index (χ2v) is 6.62. The van der Waals surface area contributed by atoms with Crippen LogP contribution in [0.15, 0.2) is 47.1 Å². The molecule has 0 aliphatic carbocycles. The highest BCUT2D eigenvalue weighted by atomic mass is 16.5. The molecular weight excluding hydrogens is 330 g/mol. The first-order valence-corrected chi connectivity index (χ1v) is 8.93. The molecule has 1 heterocycles. The highest BCUT2D eigenvalue weighted by Gasteiger charge is 2.22. The molecule has 0 N–H and O–H groups in total. The molecule has 1 unspecified atom stereocenters. The van der Waals surface area contributed by atoms with Gasteiger partial charge in [-0.05, 0) is 37.5 Å². The second kappa shape index (κ2) is 9.80. The lowest BCUT2D eigenvalue weighted by atomic mass is 10.1. The molecule has 5 nitrogen and oxygen atoms in total. The summed E-state index contributed by atoms with van der Waals surface area (Å²) in [6, 6.07) is 12.0. The van der Waals surface area contributed by atoms with Crippen LogP contribution in [-0.2, 0) is 27.3 Å². The molecule has 0 aliphatic rings. The van der Waals surface area contributed by atoms with E-state index in [9.17, 15) is 9.59 Å². The number of aryl methyl sites for hydroxylation is 2.